The number of rotatable bonds is 5. The van der Waals surface area contributed by atoms with E-state index in [2.05, 4.69) is 31.2 Å². The zero-order chi connectivity index (χ0) is 20.9. The highest BCUT2D eigenvalue weighted by Crippen LogP contribution is 2.67. The number of Topliss-reactive ketones (excluding diaryl/α,β-unsaturated/α-hetero) is 1. The fraction of sp³-hybridized carbons (Fsp3) is 0.917. The van der Waals surface area contributed by atoms with Crippen LogP contribution < -0.4 is 5.32 Å². The Bertz CT molecular complexity index is 679. The lowest BCUT2D eigenvalue weighted by molar-refractivity contribution is -0.214. The van der Waals surface area contributed by atoms with Crippen molar-refractivity contribution < 1.29 is 14.7 Å². The van der Waals surface area contributed by atoms with Crippen LogP contribution >= 0.6 is 0 Å². The van der Waals surface area contributed by atoms with Gasteiger partial charge in [0.2, 0.25) is 0 Å². The Hall–Kier alpha value is -0.940. The molecule has 2 N–H and O–H groups in total. The van der Waals surface area contributed by atoms with Crippen molar-refractivity contribution in [3.8, 4) is 0 Å². The number of carbonyl (C=O) groups excluding carboxylic acids is 1. The van der Waals surface area contributed by atoms with Crippen LogP contribution in [0.25, 0.3) is 0 Å². The molecule has 0 heterocycles. The van der Waals surface area contributed by atoms with E-state index >= 15 is 0 Å². The Morgan fingerprint density at radius 2 is 2.00 bits per heavy atom. The molecule has 164 valence electrons. The lowest BCUT2D eigenvalue weighted by atomic mass is 9.41. The number of nitrogens with one attached hydrogen (secondary N) is 1. The van der Waals surface area contributed by atoms with Gasteiger partial charge < -0.3 is 15.3 Å². The van der Waals surface area contributed by atoms with Gasteiger partial charge in [-0.3, -0.25) is 4.79 Å². The van der Waals surface area contributed by atoms with Gasteiger partial charge in [-0.2, -0.15) is 0 Å². The first-order chi connectivity index (χ1) is 13.8. The van der Waals surface area contributed by atoms with Crippen molar-refractivity contribution in [2.75, 3.05) is 20.2 Å². The van der Waals surface area contributed by atoms with Crippen molar-refractivity contribution in [2.24, 2.45) is 39.7 Å². The van der Waals surface area contributed by atoms with Crippen LogP contribution in [0, 0.1) is 34.5 Å². The number of ketones is 1. The molecule has 0 aromatic carbocycles. The van der Waals surface area contributed by atoms with E-state index in [1.165, 1.54) is 0 Å². The number of aliphatic hydroxyl groups is 1. The van der Waals surface area contributed by atoms with Gasteiger partial charge in [-0.05, 0) is 82.2 Å². The number of carbonyl (C=O) groups is 1. The average molecular weight is 405 g/mol. The fourth-order valence-corrected chi connectivity index (χ4v) is 7.78. The van der Waals surface area contributed by atoms with Gasteiger partial charge in [0.05, 0.1) is 11.3 Å². The lowest BCUT2D eigenvalue weighted by Gasteiger charge is -2.65. The lowest BCUT2D eigenvalue weighted by Crippen LogP contribution is -2.65. The Balaban J connectivity index is 1.53. The van der Waals surface area contributed by atoms with Crippen LogP contribution in [-0.4, -0.2) is 42.4 Å². The van der Waals surface area contributed by atoms with Gasteiger partial charge in [0.1, 0.15) is 12.4 Å². The highest BCUT2D eigenvalue weighted by Gasteiger charge is 2.66. The molecule has 0 bridgehead atoms. The van der Waals surface area contributed by atoms with E-state index in [4.69, 9.17) is 4.84 Å². The van der Waals surface area contributed by atoms with Crippen LogP contribution in [0.1, 0.15) is 78.6 Å². The smallest absolute Gasteiger partial charge is 0.139 e. The third-order valence-electron chi connectivity index (χ3n) is 9.66. The SMILES string of the molecule is CNCCCO/N=C1/CC[C@]2(C)[C@H]3CC[C@]4(C)C(=O)CC[C@H]4[C@@H]3C[C@H](C)[C@@]2(O)C1. The van der Waals surface area contributed by atoms with Crippen molar-refractivity contribution in [2.45, 2.75) is 84.2 Å². The molecule has 0 amide bonds. The summed E-state index contributed by atoms with van der Waals surface area (Å²) in [6, 6.07) is 0. The van der Waals surface area contributed by atoms with E-state index < -0.39 is 5.60 Å². The summed E-state index contributed by atoms with van der Waals surface area (Å²) in [5.74, 6) is 2.33. The fourth-order valence-electron chi connectivity index (χ4n) is 7.78. The summed E-state index contributed by atoms with van der Waals surface area (Å²) in [7, 11) is 1.94. The molecule has 0 unspecified atom stereocenters. The number of hydrogen-bond donors (Lipinski definition) is 2. The summed E-state index contributed by atoms with van der Waals surface area (Å²) < 4.78 is 0. The van der Waals surface area contributed by atoms with Crippen LogP contribution in [0.15, 0.2) is 5.16 Å². The largest absolute Gasteiger partial charge is 0.396 e. The number of oxime groups is 1. The molecule has 0 aromatic rings. The molecule has 5 heteroatoms. The molecule has 0 aliphatic heterocycles. The maximum atomic E-state index is 12.6. The third kappa shape index (κ3) is 3.18. The average Bonchev–Trinajstić information content (AvgIpc) is 2.99. The van der Waals surface area contributed by atoms with Gasteiger partial charge in [0.25, 0.3) is 0 Å². The highest BCUT2D eigenvalue weighted by molar-refractivity contribution is 5.87. The molecule has 5 nitrogen and oxygen atoms in total. The van der Waals surface area contributed by atoms with Gasteiger partial charge in [-0.1, -0.05) is 25.9 Å². The van der Waals surface area contributed by atoms with Crippen molar-refractivity contribution in [1.29, 1.82) is 0 Å². The predicted molar refractivity (Wildman–Crippen MR) is 115 cm³/mol. The Morgan fingerprint density at radius 1 is 1.21 bits per heavy atom. The summed E-state index contributed by atoms with van der Waals surface area (Å²) in [6.45, 7) is 8.34. The van der Waals surface area contributed by atoms with E-state index in [1.807, 2.05) is 7.05 Å². The van der Waals surface area contributed by atoms with Gasteiger partial charge in [-0.25, -0.2) is 0 Å². The van der Waals surface area contributed by atoms with E-state index in [-0.39, 0.29) is 16.7 Å². The molecular weight excluding hydrogens is 364 g/mol. The zero-order valence-electron chi connectivity index (χ0n) is 18.8. The molecule has 4 rings (SSSR count). The van der Waals surface area contributed by atoms with E-state index in [0.717, 1.165) is 63.6 Å². The summed E-state index contributed by atoms with van der Waals surface area (Å²) in [4.78, 5) is 18.2. The first kappa shape index (κ1) is 21.3. The van der Waals surface area contributed by atoms with Crippen LogP contribution in [0.4, 0.5) is 0 Å². The first-order valence-electron chi connectivity index (χ1n) is 11.8. The summed E-state index contributed by atoms with van der Waals surface area (Å²) >= 11 is 0. The molecule has 7 atom stereocenters. The van der Waals surface area contributed by atoms with E-state index in [9.17, 15) is 9.90 Å². The second-order valence-electron chi connectivity index (χ2n) is 10.9. The van der Waals surface area contributed by atoms with Gasteiger partial charge in [-0.15, -0.1) is 0 Å². The van der Waals surface area contributed by atoms with Crippen molar-refractivity contribution in [1.82, 2.24) is 5.32 Å². The molecule has 0 aromatic heterocycles. The molecule has 0 radical (unpaired) electrons. The summed E-state index contributed by atoms with van der Waals surface area (Å²) in [5, 5.41) is 19.5. The maximum Gasteiger partial charge on any atom is 0.139 e. The monoisotopic (exact) mass is 404 g/mol. The molecular formula is C24H40N2O3. The molecule has 0 saturated heterocycles. The topological polar surface area (TPSA) is 70.9 Å². The second kappa shape index (κ2) is 7.64. The van der Waals surface area contributed by atoms with E-state index in [0.29, 0.717) is 36.6 Å². The summed E-state index contributed by atoms with van der Waals surface area (Å²) in [6.07, 6.45) is 8.43. The summed E-state index contributed by atoms with van der Waals surface area (Å²) in [5.41, 5.74) is 0.120. The van der Waals surface area contributed by atoms with E-state index in [1.54, 1.807) is 0 Å². The van der Waals surface area contributed by atoms with Crippen LogP contribution in [-0.2, 0) is 9.63 Å². The first-order valence-corrected chi connectivity index (χ1v) is 11.8. The Kier molecular flexibility index (Phi) is 5.61. The van der Waals surface area contributed by atoms with Crippen LogP contribution in [0.2, 0.25) is 0 Å². The highest BCUT2D eigenvalue weighted by atomic mass is 16.6. The molecule has 4 aliphatic rings. The zero-order valence-corrected chi connectivity index (χ0v) is 18.8. The third-order valence-corrected chi connectivity index (χ3v) is 9.66. The molecule has 4 aliphatic carbocycles. The maximum absolute atomic E-state index is 12.6. The van der Waals surface area contributed by atoms with Crippen LogP contribution in [0.3, 0.4) is 0 Å². The van der Waals surface area contributed by atoms with Crippen molar-refractivity contribution >= 4 is 11.5 Å². The molecule has 4 saturated carbocycles. The normalized spacial score (nSPS) is 48.2. The molecule has 4 fully saturated rings. The minimum absolute atomic E-state index is 0.0898. The Labute approximate surface area is 176 Å². The standard InChI is InChI=1S/C24H40N2O3/c1-16-14-18-19-6-7-21(27)22(19,2)10-9-20(18)23(3)11-8-17(15-24(16,23)28)26-29-13-5-12-25-4/h16,18-20,25,28H,5-15H2,1-4H3/b26-17-/t16-,18-,19-,20-,22-,23+,24-/m0/s1. The number of nitrogens with zero attached hydrogens (tertiary/aromatic N) is 1. The molecule has 29 heavy (non-hydrogen) atoms. The van der Waals surface area contributed by atoms with Gasteiger partial charge >= 0.3 is 0 Å². The predicted octanol–water partition coefficient (Wildman–Crippen LogP) is 3.94. The van der Waals surface area contributed by atoms with Gasteiger partial charge in [0.15, 0.2) is 0 Å². The number of fused-ring (bicyclic) bond motifs is 5. The molecule has 0 spiro atoms. The van der Waals surface area contributed by atoms with Crippen molar-refractivity contribution in [3.05, 3.63) is 0 Å². The second-order valence-corrected chi connectivity index (χ2v) is 10.9. The quantitative estimate of drug-likeness (QED) is 0.538. The van der Waals surface area contributed by atoms with Gasteiger partial charge in [0, 0.05) is 23.7 Å². The van der Waals surface area contributed by atoms with Crippen molar-refractivity contribution in [3.63, 3.8) is 0 Å². The minimum atomic E-state index is -0.712. The number of hydrogen-bond acceptors (Lipinski definition) is 5. The Morgan fingerprint density at radius 3 is 2.76 bits per heavy atom. The minimum Gasteiger partial charge on any atom is -0.396 e. The van der Waals surface area contributed by atoms with Crippen LogP contribution in [0.5, 0.6) is 0 Å².